The van der Waals surface area contributed by atoms with Crippen molar-refractivity contribution in [2.45, 2.75) is 25.6 Å². The molecule has 0 spiro atoms. The lowest BCUT2D eigenvalue weighted by molar-refractivity contribution is -0.142. The molecule has 0 aliphatic rings. The lowest BCUT2D eigenvalue weighted by Gasteiger charge is -2.23. The summed E-state index contributed by atoms with van der Waals surface area (Å²) in [6, 6.07) is 41.9. The predicted molar refractivity (Wildman–Crippen MR) is 180 cm³/mol. The number of hydrogen-bond acceptors (Lipinski definition) is 6. The van der Waals surface area contributed by atoms with Crippen LogP contribution in [-0.2, 0) is 33.9 Å². The fraction of sp³-hybridized carbons (Fsp3) is 0.154. The van der Waals surface area contributed by atoms with Crippen LogP contribution in [0.15, 0.2) is 140 Å². The Balaban J connectivity index is 1.16. The van der Waals surface area contributed by atoms with Crippen molar-refractivity contribution in [2.24, 2.45) is 0 Å². The maximum Gasteiger partial charge on any atom is 0.328 e. The molecule has 1 atom stereocenters. The monoisotopic (exact) mass is 628 g/mol. The van der Waals surface area contributed by atoms with Crippen LogP contribution >= 0.6 is 0 Å². The zero-order valence-corrected chi connectivity index (χ0v) is 26.1. The molecule has 1 N–H and O–H groups in total. The van der Waals surface area contributed by atoms with Crippen molar-refractivity contribution in [3.05, 3.63) is 162 Å². The van der Waals surface area contributed by atoms with E-state index < -0.39 is 17.9 Å². The second kappa shape index (κ2) is 16.4. The number of nitrogens with zero attached hydrogens (tertiary/aromatic N) is 1. The minimum Gasteiger partial charge on any atom is -0.489 e. The summed E-state index contributed by atoms with van der Waals surface area (Å²) in [5.41, 5.74) is 3.99. The molecule has 8 heteroatoms. The molecule has 8 nitrogen and oxygen atoms in total. The van der Waals surface area contributed by atoms with E-state index in [1.165, 1.54) is 7.11 Å². The molecule has 5 aromatic rings. The van der Waals surface area contributed by atoms with E-state index in [9.17, 15) is 14.4 Å². The normalized spacial score (nSPS) is 11.2. The van der Waals surface area contributed by atoms with E-state index in [1.807, 2.05) is 115 Å². The first-order valence-electron chi connectivity index (χ1n) is 15.2. The molecule has 0 fully saturated rings. The topological polar surface area (TPSA) is 94.2 Å². The molecule has 0 aliphatic heterocycles. The summed E-state index contributed by atoms with van der Waals surface area (Å²) in [6.45, 7) is 0.662. The number of methoxy groups -OCH3 is 1. The summed E-state index contributed by atoms with van der Waals surface area (Å²) in [6.07, 6.45) is 0.238. The Labute approximate surface area is 274 Å². The van der Waals surface area contributed by atoms with Crippen molar-refractivity contribution < 1.29 is 28.6 Å². The fourth-order valence-electron chi connectivity index (χ4n) is 4.90. The molecule has 238 valence electrons. The number of amides is 2. The Morgan fingerprint density at radius 1 is 0.638 bits per heavy atom. The van der Waals surface area contributed by atoms with Gasteiger partial charge in [0.15, 0.2) is 6.61 Å². The maximum absolute atomic E-state index is 13.3. The number of ether oxygens (including phenoxy) is 3. The standard InChI is InChI=1S/C39H36N2O6/c1-45-39(44)36(25-29-17-21-34(22-18-29)46-27-31-13-7-3-8-14-31)40-38(43)32-19-23-35(24-20-32)47-28-37(42)41(33-15-9-4-10-16-33)26-30-11-5-2-6-12-30/h2-24,36H,25-28H2,1H3,(H,40,43). The van der Waals surface area contributed by atoms with E-state index in [0.29, 0.717) is 30.2 Å². The molecular weight excluding hydrogens is 592 g/mol. The molecular formula is C39H36N2O6. The van der Waals surface area contributed by atoms with Gasteiger partial charge in [0, 0.05) is 17.7 Å². The van der Waals surface area contributed by atoms with Crippen molar-refractivity contribution in [1.82, 2.24) is 5.32 Å². The van der Waals surface area contributed by atoms with Gasteiger partial charge in [0.1, 0.15) is 24.1 Å². The Morgan fingerprint density at radius 2 is 1.19 bits per heavy atom. The highest BCUT2D eigenvalue weighted by molar-refractivity contribution is 5.97. The number of carbonyl (C=O) groups excluding carboxylic acids is 3. The van der Waals surface area contributed by atoms with Crippen LogP contribution in [0.25, 0.3) is 0 Å². The van der Waals surface area contributed by atoms with E-state index in [2.05, 4.69) is 5.32 Å². The number of para-hydroxylation sites is 1. The van der Waals surface area contributed by atoms with Crippen molar-refractivity contribution in [2.75, 3.05) is 18.6 Å². The van der Waals surface area contributed by atoms with Crippen LogP contribution in [0.1, 0.15) is 27.0 Å². The van der Waals surface area contributed by atoms with Crippen molar-refractivity contribution in [3.63, 3.8) is 0 Å². The van der Waals surface area contributed by atoms with Gasteiger partial charge in [-0.05, 0) is 65.2 Å². The molecule has 47 heavy (non-hydrogen) atoms. The summed E-state index contributed by atoms with van der Waals surface area (Å²) in [5.74, 6) is -0.0758. The first-order chi connectivity index (χ1) is 23.0. The highest BCUT2D eigenvalue weighted by Crippen LogP contribution is 2.20. The van der Waals surface area contributed by atoms with Gasteiger partial charge >= 0.3 is 5.97 Å². The first-order valence-corrected chi connectivity index (χ1v) is 15.2. The van der Waals surface area contributed by atoms with E-state index in [4.69, 9.17) is 14.2 Å². The molecule has 5 aromatic carbocycles. The van der Waals surface area contributed by atoms with Gasteiger partial charge in [-0.3, -0.25) is 9.59 Å². The van der Waals surface area contributed by atoms with Crippen LogP contribution in [0.3, 0.4) is 0 Å². The minimum atomic E-state index is -0.897. The van der Waals surface area contributed by atoms with Gasteiger partial charge in [-0.25, -0.2) is 4.79 Å². The molecule has 0 radical (unpaired) electrons. The third-order valence-electron chi connectivity index (χ3n) is 7.43. The van der Waals surface area contributed by atoms with Crippen LogP contribution in [0.2, 0.25) is 0 Å². The molecule has 5 rings (SSSR count). The molecule has 0 heterocycles. The molecule has 0 saturated heterocycles. The average Bonchev–Trinajstić information content (AvgIpc) is 3.13. The van der Waals surface area contributed by atoms with Crippen LogP contribution in [-0.4, -0.2) is 37.5 Å². The average molecular weight is 629 g/mol. The van der Waals surface area contributed by atoms with Crippen LogP contribution in [0, 0.1) is 0 Å². The summed E-state index contributed by atoms with van der Waals surface area (Å²) in [7, 11) is 1.29. The van der Waals surface area contributed by atoms with Gasteiger partial charge in [0.25, 0.3) is 11.8 Å². The van der Waals surface area contributed by atoms with Crippen molar-refractivity contribution >= 4 is 23.5 Å². The van der Waals surface area contributed by atoms with Gasteiger partial charge in [-0.15, -0.1) is 0 Å². The summed E-state index contributed by atoms with van der Waals surface area (Å²) in [4.78, 5) is 40.6. The molecule has 0 aromatic heterocycles. The Hall–Kier alpha value is -5.89. The summed E-state index contributed by atoms with van der Waals surface area (Å²) < 4.78 is 16.6. The van der Waals surface area contributed by atoms with Gasteiger partial charge in [-0.2, -0.15) is 0 Å². The Kier molecular flexibility index (Phi) is 11.4. The number of hydrogen-bond donors (Lipinski definition) is 1. The largest absolute Gasteiger partial charge is 0.489 e. The number of benzene rings is 5. The van der Waals surface area contributed by atoms with E-state index in [1.54, 1.807) is 29.2 Å². The second-order valence-corrected chi connectivity index (χ2v) is 10.8. The van der Waals surface area contributed by atoms with Crippen LogP contribution in [0.5, 0.6) is 11.5 Å². The van der Waals surface area contributed by atoms with Gasteiger partial charge < -0.3 is 24.4 Å². The zero-order valence-electron chi connectivity index (χ0n) is 26.1. The van der Waals surface area contributed by atoms with Gasteiger partial charge in [0.05, 0.1) is 13.7 Å². The summed E-state index contributed by atoms with van der Waals surface area (Å²) >= 11 is 0. The van der Waals surface area contributed by atoms with Crippen LogP contribution in [0.4, 0.5) is 5.69 Å². The number of rotatable bonds is 14. The quantitative estimate of drug-likeness (QED) is 0.143. The fourth-order valence-corrected chi connectivity index (χ4v) is 4.90. The molecule has 1 unspecified atom stereocenters. The molecule has 0 bridgehead atoms. The lowest BCUT2D eigenvalue weighted by Crippen LogP contribution is -2.43. The third kappa shape index (κ3) is 9.55. The highest BCUT2D eigenvalue weighted by Gasteiger charge is 2.23. The second-order valence-electron chi connectivity index (χ2n) is 10.8. The van der Waals surface area contributed by atoms with Gasteiger partial charge in [-0.1, -0.05) is 91.0 Å². The van der Waals surface area contributed by atoms with Crippen molar-refractivity contribution in [3.8, 4) is 11.5 Å². The predicted octanol–water partition coefficient (Wildman–Crippen LogP) is 6.39. The third-order valence-corrected chi connectivity index (χ3v) is 7.43. The van der Waals surface area contributed by atoms with Crippen molar-refractivity contribution in [1.29, 1.82) is 0 Å². The van der Waals surface area contributed by atoms with E-state index in [-0.39, 0.29) is 18.9 Å². The SMILES string of the molecule is COC(=O)C(Cc1ccc(OCc2ccccc2)cc1)NC(=O)c1ccc(OCC(=O)N(Cc2ccccc2)c2ccccc2)cc1. The smallest absolute Gasteiger partial charge is 0.328 e. The summed E-state index contributed by atoms with van der Waals surface area (Å²) in [5, 5.41) is 2.77. The van der Waals surface area contributed by atoms with E-state index >= 15 is 0 Å². The maximum atomic E-state index is 13.3. The number of carbonyl (C=O) groups is 3. The highest BCUT2D eigenvalue weighted by atomic mass is 16.5. The Morgan fingerprint density at radius 3 is 1.81 bits per heavy atom. The molecule has 2 amide bonds. The minimum absolute atomic E-state index is 0.187. The Bertz CT molecular complexity index is 1730. The van der Waals surface area contributed by atoms with Crippen LogP contribution < -0.4 is 19.7 Å². The first kappa shape index (κ1) is 32.5. The van der Waals surface area contributed by atoms with E-state index in [0.717, 1.165) is 22.4 Å². The number of esters is 1. The number of nitrogens with one attached hydrogen (secondary N) is 1. The molecule has 0 saturated carbocycles. The van der Waals surface area contributed by atoms with Gasteiger partial charge in [0.2, 0.25) is 0 Å². The zero-order chi connectivity index (χ0) is 32.8. The molecule has 0 aliphatic carbocycles. The lowest BCUT2D eigenvalue weighted by atomic mass is 10.0. The number of anilines is 1.